The second-order valence-corrected chi connectivity index (χ2v) is 8.36. The van der Waals surface area contributed by atoms with E-state index in [0.717, 1.165) is 14.7 Å². The first-order valence-electron chi connectivity index (χ1n) is 8.59. The number of hydrogen-bond donors (Lipinski definition) is 1. The molecule has 1 aromatic heterocycles. The number of ether oxygens (including phenoxy) is 2. The Labute approximate surface area is 190 Å². The third-order valence-electron chi connectivity index (χ3n) is 4.52. The maximum atomic E-state index is 12.1. The number of amides is 1. The fourth-order valence-corrected chi connectivity index (χ4v) is 4.37. The highest BCUT2D eigenvalue weighted by atomic mass is 127. The van der Waals surface area contributed by atoms with E-state index in [9.17, 15) is 4.79 Å². The van der Waals surface area contributed by atoms with Gasteiger partial charge in [-0.1, -0.05) is 29.3 Å². The van der Waals surface area contributed by atoms with Gasteiger partial charge >= 0.3 is 0 Å². The van der Waals surface area contributed by atoms with Gasteiger partial charge < -0.3 is 9.47 Å². The molecule has 0 bridgehead atoms. The molecule has 0 aliphatic carbocycles. The molecule has 0 fully saturated rings. The van der Waals surface area contributed by atoms with Crippen molar-refractivity contribution in [2.24, 2.45) is 0 Å². The van der Waals surface area contributed by atoms with Crippen LogP contribution in [0.5, 0.6) is 11.5 Å². The lowest BCUT2D eigenvalue weighted by Crippen LogP contribution is -2.29. The van der Waals surface area contributed by atoms with Gasteiger partial charge in [-0.3, -0.25) is 10.1 Å². The highest BCUT2D eigenvalue weighted by Crippen LogP contribution is 2.39. The standard InChI is InChI=1S/C19H15Cl2IN4O3/c1-28-16-5-11(15-7-17(27)25-19-23-9-24-26(15)19)4-14(22)18(16)29-8-10-2-3-12(20)6-13(10)21/h2-6,9,15H,7-8H2,1H3,(H,23,24,25,27)/t15-/m1/s1. The molecule has 1 atom stereocenters. The Morgan fingerprint density at radius 1 is 1.31 bits per heavy atom. The van der Waals surface area contributed by atoms with Crippen LogP contribution >= 0.6 is 45.8 Å². The molecule has 2 aromatic carbocycles. The maximum Gasteiger partial charge on any atom is 0.229 e. The SMILES string of the molecule is COc1cc([C@H]2CC(=O)Nc3ncnn32)cc(I)c1OCc1ccc(Cl)cc1Cl. The second kappa shape index (κ2) is 8.37. The highest BCUT2D eigenvalue weighted by molar-refractivity contribution is 14.1. The molecule has 0 unspecified atom stereocenters. The number of rotatable bonds is 5. The van der Waals surface area contributed by atoms with E-state index < -0.39 is 0 Å². The van der Waals surface area contributed by atoms with Crippen LogP contribution in [-0.2, 0) is 11.4 Å². The average molecular weight is 545 g/mol. The summed E-state index contributed by atoms with van der Waals surface area (Å²) in [6.07, 6.45) is 1.68. The monoisotopic (exact) mass is 544 g/mol. The van der Waals surface area contributed by atoms with Crippen molar-refractivity contribution < 1.29 is 14.3 Å². The predicted molar refractivity (Wildman–Crippen MR) is 118 cm³/mol. The number of aromatic nitrogens is 3. The Kier molecular flexibility index (Phi) is 5.84. The van der Waals surface area contributed by atoms with E-state index in [4.69, 9.17) is 32.7 Å². The van der Waals surface area contributed by atoms with Gasteiger partial charge in [0.1, 0.15) is 12.9 Å². The van der Waals surface area contributed by atoms with Crippen LogP contribution in [0.15, 0.2) is 36.7 Å². The number of anilines is 1. The van der Waals surface area contributed by atoms with Gasteiger partial charge in [0.2, 0.25) is 11.9 Å². The summed E-state index contributed by atoms with van der Waals surface area (Å²) >= 11 is 14.4. The molecule has 0 saturated heterocycles. The molecular formula is C19H15Cl2IN4O3. The molecule has 150 valence electrons. The quantitative estimate of drug-likeness (QED) is 0.471. The molecule has 4 rings (SSSR count). The minimum Gasteiger partial charge on any atom is -0.493 e. The van der Waals surface area contributed by atoms with E-state index in [1.165, 1.54) is 6.33 Å². The summed E-state index contributed by atoms with van der Waals surface area (Å²) in [5, 5.41) is 8.06. The van der Waals surface area contributed by atoms with Crippen LogP contribution in [0, 0.1) is 3.57 Å². The number of halogens is 3. The van der Waals surface area contributed by atoms with Crippen molar-refractivity contribution in [2.75, 3.05) is 12.4 Å². The van der Waals surface area contributed by atoms with Crippen molar-refractivity contribution in [3.63, 3.8) is 0 Å². The van der Waals surface area contributed by atoms with Crippen molar-refractivity contribution in [3.8, 4) is 11.5 Å². The molecule has 0 spiro atoms. The summed E-state index contributed by atoms with van der Waals surface area (Å²) in [6, 6.07) is 8.80. The second-order valence-electron chi connectivity index (χ2n) is 6.35. The maximum absolute atomic E-state index is 12.1. The number of benzene rings is 2. The van der Waals surface area contributed by atoms with Gasteiger partial charge in [0, 0.05) is 15.6 Å². The van der Waals surface area contributed by atoms with Crippen molar-refractivity contribution in [3.05, 3.63) is 61.4 Å². The number of methoxy groups -OCH3 is 1. The molecule has 7 nitrogen and oxygen atoms in total. The summed E-state index contributed by atoms with van der Waals surface area (Å²) in [7, 11) is 1.58. The Morgan fingerprint density at radius 3 is 2.90 bits per heavy atom. The molecular weight excluding hydrogens is 530 g/mol. The van der Waals surface area contributed by atoms with Gasteiger partial charge in [-0.25, -0.2) is 4.68 Å². The Hall–Kier alpha value is -2.04. The summed E-state index contributed by atoms with van der Waals surface area (Å²) < 4.78 is 14.1. The highest BCUT2D eigenvalue weighted by Gasteiger charge is 2.29. The third kappa shape index (κ3) is 4.15. The normalized spacial score (nSPS) is 15.6. The van der Waals surface area contributed by atoms with E-state index in [0.29, 0.717) is 27.5 Å². The minimum absolute atomic E-state index is 0.109. The topological polar surface area (TPSA) is 78.3 Å². The fourth-order valence-electron chi connectivity index (χ4n) is 3.13. The summed E-state index contributed by atoms with van der Waals surface area (Å²) in [5.41, 5.74) is 1.69. The lowest BCUT2D eigenvalue weighted by Gasteiger charge is -2.25. The van der Waals surface area contributed by atoms with Crippen molar-refractivity contribution >= 4 is 57.6 Å². The third-order valence-corrected chi connectivity index (χ3v) is 5.91. The number of carbonyl (C=O) groups is 1. The molecule has 0 radical (unpaired) electrons. The first-order chi connectivity index (χ1) is 14.0. The van der Waals surface area contributed by atoms with Gasteiger partial charge in [0.15, 0.2) is 11.5 Å². The van der Waals surface area contributed by atoms with E-state index >= 15 is 0 Å². The first-order valence-corrected chi connectivity index (χ1v) is 10.4. The number of hydrogen-bond acceptors (Lipinski definition) is 5. The zero-order valence-electron chi connectivity index (χ0n) is 15.2. The molecule has 10 heteroatoms. The van der Waals surface area contributed by atoms with Crippen molar-refractivity contribution in [1.82, 2.24) is 14.8 Å². The molecule has 2 heterocycles. The molecule has 29 heavy (non-hydrogen) atoms. The van der Waals surface area contributed by atoms with E-state index in [1.807, 2.05) is 18.2 Å². The Bertz CT molecular complexity index is 1090. The van der Waals surface area contributed by atoms with Gasteiger partial charge in [0.05, 0.1) is 23.1 Å². The Morgan fingerprint density at radius 2 is 2.14 bits per heavy atom. The minimum atomic E-state index is -0.275. The zero-order chi connectivity index (χ0) is 20.5. The summed E-state index contributed by atoms with van der Waals surface area (Å²) in [4.78, 5) is 16.1. The van der Waals surface area contributed by atoms with E-state index in [2.05, 4.69) is 38.0 Å². The molecule has 0 saturated carbocycles. The first kappa shape index (κ1) is 20.2. The van der Waals surface area contributed by atoms with Gasteiger partial charge in [0.25, 0.3) is 0 Å². The number of nitrogens with zero attached hydrogens (tertiary/aromatic N) is 3. The smallest absolute Gasteiger partial charge is 0.229 e. The molecule has 1 amide bonds. The molecule has 1 aliphatic heterocycles. The van der Waals surface area contributed by atoms with Crippen LogP contribution in [0.2, 0.25) is 10.0 Å². The van der Waals surface area contributed by atoms with Crippen LogP contribution < -0.4 is 14.8 Å². The summed E-state index contributed by atoms with van der Waals surface area (Å²) in [5.74, 6) is 1.48. The number of fused-ring (bicyclic) bond motifs is 1. The molecule has 1 N–H and O–H groups in total. The predicted octanol–water partition coefficient (Wildman–Crippen LogP) is 4.71. The largest absolute Gasteiger partial charge is 0.493 e. The van der Waals surface area contributed by atoms with Crippen LogP contribution in [-0.4, -0.2) is 27.8 Å². The van der Waals surface area contributed by atoms with Crippen molar-refractivity contribution in [1.29, 1.82) is 0 Å². The van der Waals surface area contributed by atoms with E-state index in [-0.39, 0.29) is 25.0 Å². The lowest BCUT2D eigenvalue weighted by molar-refractivity contribution is -0.117. The fraction of sp³-hybridized carbons (Fsp3) is 0.211. The van der Waals surface area contributed by atoms with Crippen LogP contribution in [0.4, 0.5) is 5.95 Å². The number of carbonyl (C=O) groups excluding carboxylic acids is 1. The molecule has 1 aliphatic rings. The van der Waals surface area contributed by atoms with Gasteiger partial charge in [-0.05, 0) is 52.4 Å². The average Bonchev–Trinajstić information content (AvgIpc) is 3.15. The van der Waals surface area contributed by atoms with Gasteiger partial charge in [-0.15, -0.1) is 0 Å². The van der Waals surface area contributed by atoms with Crippen LogP contribution in [0.1, 0.15) is 23.6 Å². The lowest BCUT2D eigenvalue weighted by atomic mass is 10.0. The number of nitrogens with one attached hydrogen (secondary N) is 1. The Balaban J connectivity index is 1.64. The zero-order valence-corrected chi connectivity index (χ0v) is 18.8. The van der Waals surface area contributed by atoms with Crippen LogP contribution in [0.25, 0.3) is 0 Å². The molecule has 3 aromatic rings. The van der Waals surface area contributed by atoms with E-state index in [1.54, 1.807) is 23.9 Å². The van der Waals surface area contributed by atoms with Crippen LogP contribution in [0.3, 0.4) is 0 Å². The summed E-state index contributed by atoms with van der Waals surface area (Å²) in [6.45, 7) is 0.265. The van der Waals surface area contributed by atoms with Crippen molar-refractivity contribution in [2.45, 2.75) is 19.1 Å². The van der Waals surface area contributed by atoms with Gasteiger partial charge in [-0.2, -0.15) is 10.1 Å².